The zero-order valence-electron chi connectivity index (χ0n) is 13.0. The fourth-order valence-corrected chi connectivity index (χ4v) is 1.91. The Bertz CT molecular complexity index is 444. The largest absolute Gasteiger partial charge is 0.491 e. The van der Waals surface area contributed by atoms with Gasteiger partial charge in [-0.1, -0.05) is 25.5 Å². The number of carbonyl (C=O) groups excluding carboxylic acids is 1. The van der Waals surface area contributed by atoms with Crippen LogP contribution in [0.5, 0.6) is 5.75 Å². The number of unbranched alkanes of at least 4 members (excludes halogenated alkanes) is 1. The summed E-state index contributed by atoms with van der Waals surface area (Å²) in [7, 11) is 0. The molecule has 0 aromatic heterocycles. The van der Waals surface area contributed by atoms with Gasteiger partial charge in [-0.15, -0.1) is 0 Å². The lowest BCUT2D eigenvalue weighted by Crippen LogP contribution is -2.38. The highest BCUT2D eigenvalue weighted by atomic mass is 16.5. The van der Waals surface area contributed by atoms with Crippen molar-refractivity contribution < 1.29 is 9.53 Å². The van der Waals surface area contributed by atoms with Crippen LogP contribution in [0.25, 0.3) is 0 Å². The number of ether oxygens (including phenoxy) is 1. The van der Waals surface area contributed by atoms with Gasteiger partial charge in [0.15, 0.2) is 0 Å². The summed E-state index contributed by atoms with van der Waals surface area (Å²) in [6.45, 7) is 9.96. The maximum atomic E-state index is 11.4. The summed E-state index contributed by atoms with van der Waals surface area (Å²) >= 11 is 0. The molecule has 0 bridgehead atoms. The standard InChI is InChI=1S/C16H26N2O2/c1-5-6-9-17-16(19)18-10-11-20-15-13(3)8-7-12(2)14(15)4/h7-8H,5-6,9-11H2,1-4H3,(H2,17,18,19). The number of carbonyl (C=O) groups is 1. The summed E-state index contributed by atoms with van der Waals surface area (Å²) in [4.78, 5) is 11.4. The lowest BCUT2D eigenvalue weighted by Gasteiger charge is -2.14. The Kier molecular flexibility index (Phi) is 6.91. The Balaban J connectivity index is 2.31. The van der Waals surface area contributed by atoms with Gasteiger partial charge in [-0.05, 0) is 43.9 Å². The van der Waals surface area contributed by atoms with Gasteiger partial charge in [0, 0.05) is 6.54 Å². The molecule has 1 aromatic carbocycles. The molecule has 1 rings (SSSR count). The average molecular weight is 278 g/mol. The quantitative estimate of drug-likeness (QED) is 0.753. The second kappa shape index (κ2) is 8.46. The first-order valence-corrected chi connectivity index (χ1v) is 7.27. The first-order chi connectivity index (χ1) is 9.56. The SMILES string of the molecule is CCCCNC(=O)NCCOc1c(C)ccc(C)c1C. The van der Waals surface area contributed by atoms with E-state index in [0.29, 0.717) is 13.2 Å². The van der Waals surface area contributed by atoms with Crippen molar-refractivity contribution in [2.45, 2.75) is 40.5 Å². The summed E-state index contributed by atoms with van der Waals surface area (Å²) in [6.07, 6.45) is 2.08. The third-order valence-corrected chi connectivity index (χ3v) is 3.32. The number of rotatable bonds is 7. The van der Waals surface area contributed by atoms with Crippen LogP contribution in [0.4, 0.5) is 4.79 Å². The van der Waals surface area contributed by atoms with E-state index in [1.165, 1.54) is 5.56 Å². The number of urea groups is 1. The van der Waals surface area contributed by atoms with Crippen LogP contribution in [0.1, 0.15) is 36.5 Å². The maximum absolute atomic E-state index is 11.4. The van der Waals surface area contributed by atoms with E-state index >= 15 is 0 Å². The maximum Gasteiger partial charge on any atom is 0.314 e. The molecule has 0 aliphatic rings. The van der Waals surface area contributed by atoms with Gasteiger partial charge in [-0.25, -0.2) is 4.79 Å². The van der Waals surface area contributed by atoms with E-state index in [1.807, 2.05) is 6.92 Å². The molecule has 0 unspecified atom stereocenters. The molecule has 0 aliphatic heterocycles. The van der Waals surface area contributed by atoms with E-state index in [-0.39, 0.29) is 6.03 Å². The van der Waals surface area contributed by atoms with Crippen molar-refractivity contribution in [1.82, 2.24) is 10.6 Å². The zero-order valence-corrected chi connectivity index (χ0v) is 13.0. The molecule has 0 spiro atoms. The third-order valence-electron chi connectivity index (χ3n) is 3.32. The Hall–Kier alpha value is -1.71. The molecule has 112 valence electrons. The van der Waals surface area contributed by atoms with Gasteiger partial charge in [-0.3, -0.25) is 0 Å². The Morgan fingerprint density at radius 2 is 1.75 bits per heavy atom. The molecule has 0 fully saturated rings. The Morgan fingerprint density at radius 3 is 2.45 bits per heavy atom. The number of amides is 2. The zero-order chi connectivity index (χ0) is 15.0. The van der Waals surface area contributed by atoms with Crippen molar-refractivity contribution in [3.8, 4) is 5.75 Å². The molecule has 2 amide bonds. The minimum Gasteiger partial charge on any atom is -0.491 e. The van der Waals surface area contributed by atoms with E-state index in [1.54, 1.807) is 0 Å². The van der Waals surface area contributed by atoms with Crippen LogP contribution in [0.3, 0.4) is 0 Å². The fourth-order valence-electron chi connectivity index (χ4n) is 1.91. The molecule has 0 aliphatic carbocycles. The van der Waals surface area contributed by atoms with Gasteiger partial charge in [0.25, 0.3) is 0 Å². The van der Waals surface area contributed by atoms with Gasteiger partial charge in [-0.2, -0.15) is 0 Å². The van der Waals surface area contributed by atoms with Crippen molar-refractivity contribution in [2.75, 3.05) is 19.7 Å². The topological polar surface area (TPSA) is 50.4 Å². The molecular weight excluding hydrogens is 252 g/mol. The van der Waals surface area contributed by atoms with Crippen molar-refractivity contribution in [1.29, 1.82) is 0 Å². The number of aryl methyl sites for hydroxylation is 2. The predicted octanol–water partition coefficient (Wildman–Crippen LogP) is 3.09. The van der Waals surface area contributed by atoms with Crippen LogP contribution >= 0.6 is 0 Å². The van der Waals surface area contributed by atoms with E-state index in [0.717, 1.165) is 36.3 Å². The second-order valence-electron chi connectivity index (χ2n) is 5.04. The van der Waals surface area contributed by atoms with Crippen molar-refractivity contribution >= 4 is 6.03 Å². The molecule has 2 N–H and O–H groups in total. The molecule has 0 saturated heterocycles. The van der Waals surface area contributed by atoms with E-state index in [9.17, 15) is 4.79 Å². The number of hydrogen-bond acceptors (Lipinski definition) is 2. The van der Waals surface area contributed by atoms with Crippen LogP contribution in [-0.2, 0) is 0 Å². The minimum atomic E-state index is -0.125. The monoisotopic (exact) mass is 278 g/mol. The number of nitrogens with one attached hydrogen (secondary N) is 2. The normalized spacial score (nSPS) is 10.2. The van der Waals surface area contributed by atoms with Crippen LogP contribution in [0, 0.1) is 20.8 Å². The van der Waals surface area contributed by atoms with Crippen LogP contribution in [0.15, 0.2) is 12.1 Å². The molecule has 0 radical (unpaired) electrons. The van der Waals surface area contributed by atoms with Crippen molar-refractivity contribution in [3.05, 3.63) is 28.8 Å². The first kappa shape index (κ1) is 16.3. The summed E-state index contributed by atoms with van der Waals surface area (Å²) < 4.78 is 5.78. The molecule has 0 heterocycles. The molecule has 4 nitrogen and oxygen atoms in total. The van der Waals surface area contributed by atoms with Crippen molar-refractivity contribution in [3.63, 3.8) is 0 Å². The van der Waals surface area contributed by atoms with E-state index in [4.69, 9.17) is 4.74 Å². The first-order valence-electron chi connectivity index (χ1n) is 7.27. The second-order valence-corrected chi connectivity index (χ2v) is 5.04. The molecule has 4 heteroatoms. The van der Waals surface area contributed by atoms with E-state index in [2.05, 4.69) is 43.5 Å². The summed E-state index contributed by atoms with van der Waals surface area (Å²) in [5.74, 6) is 0.929. The van der Waals surface area contributed by atoms with Gasteiger partial charge >= 0.3 is 6.03 Å². The molecular formula is C16H26N2O2. The highest BCUT2D eigenvalue weighted by molar-refractivity contribution is 5.73. The van der Waals surface area contributed by atoms with Gasteiger partial charge in [0.05, 0.1) is 6.54 Å². The highest BCUT2D eigenvalue weighted by Crippen LogP contribution is 2.25. The van der Waals surface area contributed by atoms with Crippen LogP contribution < -0.4 is 15.4 Å². The van der Waals surface area contributed by atoms with Crippen molar-refractivity contribution in [2.24, 2.45) is 0 Å². The summed E-state index contributed by atoms with van der Waals surface area (Å²) in [5.41, 5.74) is 3.51. The predicted molar refractivity (Wildman–Crippen MR) is 82.5 cm³/mol. The molecule has 0 saturated carbocycles. The van der Waals surface area contributed by atoms with Gasteiger partial charge in [0.1, 0.15) is 12.4 Å². The number of hydrogen-bond donors (Lipinski definition) is 2. The van der Waals surface area contributed by atoms with Crippen LogP contribution in [-0.4, -0.2) is 25.7 Å². The van der Waals surface area contributed by atoms with Crippen LogP contribution in [0.2, 0.25) is 0 Å². The fraction of sp³-hybridized carbons (Fsp3) is 0.562. The number of benzene rings is 1. The Labute approximate surface area is 121 Å². The Morgan fingerprint density at radius 1 is 1.10 bits per heavy atom. The van der Waals surface area contributed by atoms with E-state index < -0.39 is 0 Å². The lowest BCUT2D eigenvalue weighted by atomic mass is 10.1. The average Bonchev–Trinajstić information content (AvgIpc) is 2.42. The lowest BCUT2D eigenvalue weighted by molar-refractivity contribution is 0.236. The summed E-state index contributed by atoms with van der Waals surface area (Å²) in [5, 5.41) is 5.60. The van der Waals surface area contributed by atoms with Gasteiger partial charge in [0.2, 0.25) is 0 Å². The highest BCUT2D eigenvalue weighted by Gasteiger charge is 2.06. The third kappa shape index (κ3) is 5.11. The molecule has 1 aromatic rings. The minimum absolute atomic E-state index is 0.125. The molecule has 20 heavy (non-hydrogen) atoms. The van der Waals surface area contributed by atoms with Gasteiger partial charge < -0.3 is 15.4 Å². The molecule has 0 atom stereocenters. The summed E-state index contributed by atoms with van der Waals surface area (Å²) in [6, 6.07) is 4.03. The smallest absolute Gasteiger partial charge is 0.314 e.